The highest BCUT2D eigenvalue weighted by molar-refractivity contribution is 6.30. The van der Waals surface area contributed by atoms with E-state index in [2.05, 4.69) is 0 Å². The van der Waals surface area contributed by atoms with Crippen LogP contribution in [0, 0.1) is 17.7 Å². The van der Waals surface area contributed by atoms with Crippen LogP contribution < -0.4 is 4.90 Å². The molecule has 0 saturated carbocycles. The van der Waals surface area contributed by atoms with Crippen LogP contribution >= 0.6 is 11.6 Å². The average molecular weight is 414 g/mol. The third-order valence-corrected chi connectivity index (χ3v) is 6.12. The summed E-state index contributed by atoms with van der Waals surface area (Å²) in [5.41, 5.74) is 0.359. The Kier molecular flexibility index (Phi) is 4.22. The number of nitrogens with zero attached hydrogens (tertiary/aromatic N) is 1. The van der Waals surface area contributed by atoms with Crippen molar-refractivity contribution >= 4 is 29.2 Å². The number of carbonyl (C=O) groups excluding carboxylic acids is 2. The number of ether oxygens (including phenoxy) is 2. The summed E-state index contributed by atoms with van der Waals surface area (Å²) < 4.78 is 25.5. The molecule has 7 heteroatoms. The number of rotatable bonds is 4. The van der Waals surface area contributed by atoms with Crippen molar-refractivity contribution in [3.8, 4) is 0 Å². The molecule has 3 heterocycles. The predicted molar refractivity (Wildman–Crippen MR) is 104 cm³/mol. The third kappa shape index (κ3) is 2.86. The minimum Gasteiger partial charge on any atom is -0.460 e. The first kappa shape index (κ1) is 18.3. The maximum Gasteiger partial charge on any atom is 0.313 e. The van der Waals surface area contributed by atoms with Crippen LogP contribution in [0.1, 0.15) is 5.56 Å². The minimum absolute atomic E-state index is 0.0156. The first-order valence-corrected chi connectivity index (χ1v) is 9.70. The van der Waals surface area contributed by atoms with Gasteiger partial charge >= 0.3 is 5.97 Å². The lowest BCUT2D eigenvalue weighted by Crippen LogP contribution is -2.40. The van der Waals surface area contributed by atoms with Gasteiger partial charge in [-0.2, -0.15) is 0 Å². The van der Waals surface area contributed by atoms with Gasteiger partial charge in [-0.25, -0.2) is 4.39 Å². The molecule has 148 valence electrons. The van der Waals surface area contributed by atoms with Crippen LogP contribution in [-0.4, -0.2) is 30.1 Å². The summed E-state index contributed by atoms with van der Waals surface area (Å²) >= 11 is 5.76. The number of anilines is 1. The Hall–Kier alpha value is -2.70. The van der Waals surface area contributed by atoms with Gasteiger partial charge < -0.3 is 14.4 Å². The normalized spacial score (nSPS) is 29.4. The second-order valence-corrected chi connectivity index (χ2v) is 7.92. The lowest BCUT2D eigenvalue weighted by atomic mass is 9.77. The van der Waals surface area contributed by atoms with E-state index in [1.54, 1.807) is 6.07 Å². The first-order chi connectivity index (χ1) is 14.0. The summed E-state index contributed by atoms with van der Waals surface area (Å²) in [7, 11) is 0. The zero-order valence-electron chi connectivity index (χ0n) is 15.3. The van der Waals surface area contributed by atoms with Crippen molar-refractivity contribution in [1.29, 1.82) is 0 Å². The van der Waals surface area contributed by atoms with Crippen molar-refractivity contribution in [3.63, 3.8) is 0 Å². The van der Waals surface area contributed by atoms with Crippen molar-refractivity contribution in [2.45, 2.75) is 18.3 Å². The molecule has 0 radical (unpaired) electrons. The molecule has 2 aromatic rings. The molecule has 2 fully saturated rings. The third-order valence-electron chi connectivity index (χ3n) is 5.81. The highest BCUT2D eigenvalue weighted by Gasteiger charge is 2.67. The zero-order valence-corrected chi connectivity index (χ0v) is 16.0. The maximum absolute atomic E-state index is 13.9. The standard InChI is InChI=1S/C22H17ClFNO4/c23-15-7-6-14(10-16(15)24)25-12-22-9-8-17(29-22)18(19(22)20(25)26)21(27)28-11-13-4-2-1-3-5-13/h1-10,17-19H,11-12H2. The molecular weight excluding hydrogens is 397 g/mol. The van der Waals surface area contributed by atoms with E-state index in [1.807, 2.05) is 42.5 Å². The second-order valence-electron chi connectivity index (χ2n) is 7.52. The molecule has 2 aromatic carbocycles. The summed E-state index contributed by atoms with van der Waals surface area (Å²) in [5.74, 6) is -2.77. The van der Waals surface area contributed by atoms with Crippen molar-refractivity contribution in [2.75, 3.05) is 11.4 Å². The summed E-state index contributed by atoms with van der Waals surface area (Å²) in [5, 5.41) is -0.0156. The molecule has 0 aliphatic carbocycles. The lowest BCUT2D eigenvalue weighted by molar-refractivity contribution is -0.153. The average Bonchev–Trinajstić information content (AvgIpc) is 3.37. The molecule has 0 N–H and O–H groups in total. The highest BCUT2D eigenvalue weighted by atomic mass is 35.5. The summed E-state index contributed by atoms with van der Waals surface area (Å²) in [6, 6.07) is 13.6. The van der Waals surface area contributed by atoms with Gasteiger partial charge in [0.25, 0.3) is 0 Å². The Morgan fingerprint density at radius 3 is 2.83 bits per heavy atom. The second kappa shape index (κ2) is 6.68. The van der Waals surface area contributed by atoms with Crippen LogP contribution in [0.2, 0.25) is 5.02 Å². The molecule has 3 aliphatic rings. The van der Waals surface area contributed by atoms with Gasteiger partial charge in [-0.05, 0) is 23.8 Å². The Bertz CT molecular complexity index is 1030. The number of amides is 1. The Labute approximate surface area is 171 Å². The largest absolute Gasteiger partial charge is 0.460 e. The number of halogens is 2. The highest BCUT2D eigenvalue weighted by Crippen LogP contribution is 2.53. The molecule has 5 nitrogen and oxygen atoms in total. The molecular formula is C22H17ClFNO4. The number of hydrogen-bond donors (Lipinski definition) is 0. The molecule has 5 rings (SSSR count). The van der Waals surface area contributed by atoms with Gasteiger partial charge in [-0.15, -0.1) is 0 Å². The van der Waals surface area contributed by atoms with Crippen molar-refractivity contribution in [1.82, 2.24) is 0 Å². The van der Waals surface area contributed by atoms with Gasteiger partial charge in [0.15, 0.2) is 0 Å². The van der Waals surface area contributed by atoms with Gasteiger partial charge in [-0.3, -0.25) is 9.59 Å². The van der Waals surface area contributed by atoms with Crippen LogP contribution in [0.5, 0.6) is 0 Å². The van der Waals surface area contributed by atoms with E-state index in [-0.39, 0.29) is 24.1 Å². The number of esters is 1. The Morgan fingerprint density at radius 1 is 1.28 bits per heavy atom. The van der Waals surface area contributed by atoms with Gasteiger partial charge in [0.05, 0.1) is 23.6 Å². The molecule has 4 unspecified atom stereocenters. The van der Waals surface area contributed by atoms with Crippen LogP contribution in [0.15, 0.2) is 60.7 Å². The predicted octanol–water partition coefficient (Wildman–Crippen LogP) is 3.51. The SMILES string of the molecule is O=C(OCc1ccccc1)C1C2C=CC3(CN(c4ccc(Cl)c(F)c4)C(=O)C13)O2. The summed E-state index contributed by atoms with van der Waals surface area (Å²) in [6.45, 7) is 0.347. The van der Waals surface area contributed by atoms with Crippen LogP contribution in [0.25, 0.3) is 0 Å². The van der Waals surface area contributed by atoms with E-state index in [0.717, 1.165) is 5.56 Å². The fourth-order valence-electron chi connectivity index (χ4n) is 4.46. The molecule has 1 spiro atoms. The number of benzene rings is 2. The molecule has 4 atom stereocenters. The lowest BCUT2D eigenvalue weighted by Gasteiger charge is -2.22. The van der Waals surface area contributed by atoms with Gasteiger partial charge in [0.2, 0.25) is 5.91 Å². The first-order valence-electron chi connectivity index (χ1n) is 9.33. The van der Waals surface area contributed by atoms with Crippen LogP contribution in [0.4, 0.5) is 10.1 Å². The quantitative estimate of drug-likeness (QED) is 0.568. The van der Waals surface area contributed by atoms with E-state index in [4.69, 9.17) is 21.1 Å². The van der Waals surface area contributed by atoms with Crippen molar-refractivity contribution in [3.05, 3.63) is 77.1 Å². The zero-order chi connectivity index (χ0) is 20.2. The van der Waals surface area contributed by atoms with E-state index < -0.39 is 35.3 Å². The molecule has 3 aliphatic heterocycles. The number of hydrogen-bond acceptors (Lipinski definition) is 4. The topological polar surface area (TPSA) is 55.8 Å². The molecule has 0 aromatic heterocycles. The van der Waals surface area contributed by atoms with Gasteiger partial charge in [0.1, 0.15) is 23.9 Å². The molecule has 2 saturated heterocycles. The van der Waals surface area contributed by atoms with Crippen molar-refractivity contribution < 1.29 is 23.5 Å². The van der Waals surface area contributed by atoms with E-state index in [9.17, 15) is 14.0 Å². The van der Waals surface area contributed by atoms with Crippen LogP contribution in [0.3, 0.4) is 0 Å². The number of fused-ring (bicyclic) bond motifs is 1. The van der Waals surface area contributed by atoms with Gasteiger partial charge in [-0.1, -0.05) is 54.1 Å². The fraction of sp³-hybridized carbons (Fsp3) is 0.273. The Morgan fingerprint density at radius 2 is 2.07 bits per heavy atom. The van der Waals surface area contributed by atoms with Crippen molar-refractivity contribution in [2.24, 2.45) is 11.8 Å². The monoisotopic (exact) mass is 413 g/mol. The van der Waals surface area contributed by atoms with E-state index in [1.165, 1.54) is 17.0 Å². The molecule has 1 amide bonds. The van der Waals surface area contributed by atoms with Crippen LogP contribution in [-0.2, 0) is 25.7 Å². The smallest absolute Gasteiger partial charge is 0.313 e. The fourth-order valence-corrected chi connectivity index (χ4v) is 4.58. The van der Waals surface area contributed by atoms with Gasteiger partial charge in [0, 0.05) is 5.69 Å². The number of carbonyl (C=O) groups is 2. The minimum atomic E-state index is -0.895. The Balaban J connectivity index is 1.39. The molecule has 2 bridgehead atoms. The molecule has 29 heavy (non-hydrogen) atoms. The van der Waals surface area contributed by atoms with E-state index >= 15 is 0 Å². The van der Waals surface area contributed by atoms with E-state index in [0.29, 0.717) is 5.69 Å². The maximum atomic E-state index is 13.9. The summed E-state index contributed by atoms with van der Waals surface area (Å²) in [4.78, 5) is 27.5. The summed E-state index contributed by atoms with van der Waals surface area (Å²) in [6.07, 6.45) is 3.16.